The molecular formula is C17H20BrNO2. The topological polar surface area (TPSA) is 38.3 Å². The first kappa shape index (κ1) is 13.8. The number of carbonyl (C=O) groups is 1. The molecule has 3 aliphatic rings. The predicted molar refractivity (Wildman–Crippen MR) is 85.0 cm³/mol. The van der Waals surface area contributed by atoms with E-state index in [1.54, 1.807) is 0 Å². The number of hydrogen-bond acceptors (Lipinski definition) is 2. The van der Waals surface area contributed by atoms with Gasteiger partial charge in [-0.3, -0.25) is 4.79 Å². The SMILES string of the molecule is CC12COC3(C(=O)Nc4cccc(Br)c4)CC1CCC32C. The van der Waals surface area contributed by atoms with Gasteiger partial charge in [-0.25, -0.2) is 0 Å². The van der Waals surface area contributed by atoms with E-state index in [4.69, 9.17) is 4.74 Å². The number of nitrogens with one attached hydrogen (secondary N) is 1. The highest BCUT2D eigenvalue weighted by Gasteiger charge is 2.78. The first-order valence-electron chi connectivity index (χ1n) is 7.62. The Morgan fingerprint density at radius 3 is 2.90 bits per heavy atom. The minimum absolute atomic E-state index is 0.0270. The van der Waals surface area contributed by atoms with Crippen LogP contribution in [-0.2, 0) is 9.53 Å². The van der Waals surface area contributed by atoms with Crippen LogP contribution in [0.5, 0.6) is 0 Å². The van der Waals surface area contributed by atoms with E-state index in [0.29, 0.717) is 5.92 Å². The number of amides is 1. The third-order valence-corrected chi connectivity index (χ3v) is 7.14. The standard InChI is InChI=1S/C17H20BrNO2/c1-15-10-21-17(9-11(15)6-7-16(15,17)2)14(20)19-13-5-3-4-12(18)8-13/h3-5,8,11H,6-7,9-10H2,1-2H3,(H,19,20). The summed E-state index contributed by atoms with van der Waals surface area (Å²) in [6, 6.07) is 7.73. The minimum Gasteiger partial charge on any atom is -0.364 e. The van der Waals surface area contributed by atoms with Crippen molar-refractivity contribution < 1.29 is 9.53 Å². The summed E-state index contributed by atoms with van der Waals surface area (Å²) in [4.78, 5) is 13.0. The van der Waals surface area contributed by atoms with Gasteiger partial charge in [0, 0.05) is 21.0 Å². The number of halogens is 1. The first-order valence-corrected chi connectivity index (χ1v) is 8.42. The quantitative estimate of drug-likeness (QED) is 0.876. The van der Waals surface area contributed by atoms with E-state index in [-0.39, 0.29) is 16.7 Å². The van der Waals surface area contributed by atoms with Crippen LogP contribution in [0.3, 0.4) is 0 Å². The lowest BCUT2D eigenvalue weighted by Crippen LogP contribution is -2.52. The Kier molecular flexibility index (Phi) is 2.69. The Labute approximate surface area is 133 Å². The Hall–Kier alpha value is -0.870. The van der Waals surface area contributed by atoms with E-state index in [1.807, 2.05) is 24.3 Å². The molecule has 2 aliphatic carbocycles. The van der Waals surface area contributed by atoms with E-state index >= 15 is 0 Å². The number of carbonyl (C=O) groups excluding carboxylic acids is 1. The molecule has 1 saturated heterocycles. The maximum absolute atomic E-state index is 13.0. The lowest BCUT2D eigenvalue weighted by molar-refractivity contribution is -0.149. The van der Waals surface area contributed by atoms with E-state index in [2.05, 4.69) is 35.1 Å². The van der Waals surface area contributed by atoms with Gasteiger partial charge in [-0.2, -0.15) is 0 Å². The van der Waals surface area contributed by atoms with E-state index in [1.165, 1.54) is 6.42 Å². The molecule has 4 heteroatoms. The van der Waals surface area contributed by atoms with Gasteiger partial charge in [0.25, 0.3) is 5.91 Å². The molecule has 4 atom stereocenters. The van der Waals surface area contributed by atoms with E-state index in [0.717, 1.165) is 29.6 Å². The molecule has 1 N–H and O–H groups in total. The normalized spacial score (nSPS) is 43.3. The lowest BCUT2D eigenvalue weighted by Gasteiger charge is -2.40. The second-order valence-corrected chi connectivity index (χ2v) is 8.19. The fraction of sp³-hybridized carbons (Fsp3) is 0.588. The molecule has 0 spiro atoms. The van der Waals surface area contributed by atoms with Gasteiger partial charge >= 0.3 is 0 Å². The third-order valence-electron chi connectivity index (χ3n) is 6.65. The van der Waals surface area contributed by atoms with Crippen molar-refractivity contribution in [1.82, 2.24) is 0 Å². The molecule has 4 rings (SSSR count). The Bertz CT molecular complexity index is 633. The van der Waals surface area contributed by atoms with Crippen LogP contribution in [0.1, 0.15) is 33.1 Å². The second kappa shape index (κ2) is 4.11. The summed E-state index contributed by atoms with van der Waals surface area (Å²) >= 11 is 3.44. The summed E-state index contributed by atoms with van der Waals surface area (Å²) in [5.41, 5.74) is 0.336. The van der Waals surface area contributed by atoms with Crippen LogP contribution >= 0.6 is 15.9 Å². The number of ether oxygens (including phenoxy) is 1. The highest BCUT2D eigenvalue weighted by atomic mass is 79.9. The van der Waals surface area contributed by atoms with Crippen LogP contribution in [-0.4, -0.2) is 18.1 Å². The minimum atomic E-state index is -0.632. The van der Waals surface area contributed by atoms with Crippen molar-refractivity contribution in [2.75, 3.05) is 11.9 Å². The molecule has 1 aromatic rings. The Morgan fingerprint density at radius 2 is 2.24 bits per heavy atom. The van der Waals surface area contributed by atoms with Crippen molar-refractivity contribution in [3.8, 4) is 0 Å². The third kappa shape index (κ3) is 1.50. The van der Waals surface area contributed by atoms with Gasteiger partial charge in [0.2, 0.25) is 0 Å². The molecule has 0 aromatic heterocycles. The largest absolute Gasteiger partial charge is 0.364 e. The van der Waals surface area contributed by atoms with Gasteiger partial charge in [-0.1, -0.05) is 35.8 Å². The van der Waals surface area contributed by atoms with Crippen LogP contribution in [0.15, 0.2) is 28.7 Å². The summed E-state index contributed by atoms with van der Waals surface area (Å²) in [6.45, 7) is 5.29. The molecule has 2 saturated carbocycles. The zero-order chi connectivity index (χ0) is 14.9. The van der Waals surface area contributed by atoms with Crippen molar-refractivity contribution in [1.29, 1.82) is 0 Å². The monoisotopic (exact) mass is 349 g/mol. The summed E-state index contributed by atoms with van der Waals surface area (Å²) < 4.78 is 7.09. The van der Waals surface area contributed by atoms with Gasteiger partial charge in [0.1, 0.15) is 0 Å². The smallest absolute Gasteiger partial charge is 0.257 e. The predicted octanol–water partition coefficient (Wildman–Crippen LogP) is 3.98. The highest BCUT2D eigenvalue weighted by Crippen LogP contribution is 2.75. The van der Waals surface area contributed by atoms with E-state index < -0.39 is 5.60 Å². The summed E-state index contributed by atoms with van der Waals surface area (Å²) in [5, 5.41) is 3.08. The Balaban J connectivity index is 1.66. The number of benzene rings is 1. The van der Waals surface area contributed by atoms with Crippen molar-refractivity contribution in [3.63, 3.8) is 0 Å². The molecule has 1 aliphatic heterocycles. The average molecular weight is 350 g/mol. The fourth-order valence-electron chi connectivity index (χ4n) is 5.06. The molecular weight excluding hydrogens is 330 g/mol. The van der Waals surface area contributed by atoms with Crippen LogP contribution in [0, 0.1) is 16.7 Å². The van der Waals surface area contributed by atoms with Gasteiger partial charge in [0.15, 0.2) is 5.60 Å². The van der Waals surface area contributed by atoms with Gasteiger partial charge in [0.05, 0.1) is 6.61 Å². The second-order valence-electron chi connectivity index (χ2n) is 7.27. The van der Waals surface area contributed by atoms with Gasteiger partial charge < -0.3 is 10.1 Å². The summed E-state index contributed by atoms with van der Waals surface area (Å²) in [5.74, 6) is 0.665. The average Bonchev–Trinajstić information content (AvgIpc) is 2.91. The molecule has 21 heavy (non-hydrogen) atoms. The fourth-order valence-corrected chi connectivity index (χ4v) is 5.46. The molecule has 1 aromatic carbocycles. The molecule has 1 amide bonds. The van der Waals surface area contributed by atoms with Crippen LogP contribution in [0.4, 0.5) is 5.69 Å². The lowest BCUT2D eigenvalue weighted by atomic mass is 9.66. The van der Waals surface area contributed by atoms with Crippen molar-refractivity contribution in [2.24, 2.45) is 16.7 Å². The van der Waals surface area contributed by atoms with Crippen LogP contribution < -0.4 is 5.32 Å². The molecule has 1 heterocycles. The van der Waals surface area contributed by atoms with Gasteiger partial charge in [-0.05, 0) is 43.4 Å². The number of rotatable bonds is 2. The molecule has 3 nitrogen and oxygen atoms in total. The van der Waals surface area contributed by atoms with Crippen LogP contribution in [0.25, 0.3) is 0 Å². The maximum Gasteiger partial charge on any atom is 0.257 e. The summed E-state index contributed by atoms with van der Waals surface area (Å²) in [7, 11) is 0. The molecule has 4 unspecified atom stereocenters. The Morgan fingerprint density at radius 1 is 1.43 bits per heavy atom. The van der Waals surface area contributed by atoms with Gasteiger partial charge in [-0.15, -0.1) is 0 Å². The van der Waals surface area contributed by atoms with Crippen LogP contribution in [0.2, 0.25) is 0 Å². The summed E-state index contributed by atoms with van der Waals surface area (Å²) in [6.07, 6.45) is 3.21. The number of hydrogen-bond donors (Lipinski definition) is 1. The number of anilines is 1. The van der Waals surface area contributed by atoms with Crippen molar-refractivity contribution >= 4 is 27.5 Å². The molecule has 0 radical (unpaired) electrons. The van der Waals surface area contributed by atoms with Crippen molar-refractivity contribution in [2.45, 2.75) is 38.7 Å². The highest BCUT2D eigenvalue weighted by molar-refractivity contribution is 9.10. The molecule has 3 fully saturated rings. The zero-order valence-electron chi connectivity index (χ0n) is 12.4. The molecule has 112 valence electrons. The zero-order valence-corrected chi connectivity index (χ0v) is 14.0. The van der Waals surface area contributed by atoms with E-state index in [9.17, 15) is 4.79 Å². The molecule has 4 bridgehead atoms. The first-order chi connectivity index (χ1) is 9.91. The maximum atomic E-state index is 13.0. The van der Waals surface area contributed by atoms with Crippen molar-refractivity contribution in [3.05, 3.63) is 28.7 Å².